The molecule has 0 spiro atoms. The lowest BCUT2D eigenvalue weighted by Gasteiger charge is -2.30. The Balaban J connectivity index is 1.41. The van der Waals surface area contributed by atoms with E-state index in [4.69, 9.17) is 4.52 Å². The number of rotatable bonds is 6. The van der Waals surface area contributed by atoms with Crippen LogP contribution in [0, 0.1) is 0 Å². The van der Waals surface area contributed by atoms with Crippen molar-refractivity contribution in [3.05, 3.63) is 65.4 Å². The van der Waals surface area contributed by atoms with Gasteiger partial charge in [0.2, 0.25) is 10.0 Å². The fourth-order valence-corrected chi connectivity index (χ4v) is 5.68. The van der Waals surface area contributed by atoms with Crippen LogP contribution in [0.2, 0.25) is 0 Å². The number of anilines is 1. The standard InChI is InChI=1S/C21H19N3O7S2/c1-24-19(20(27)14-4-2-3-5-17(14)33(24,29)30)21(28)22-18-9-13(31-23-18)11-32-10-12-6-7-15(25)16(26)8-12/h2-9,19,25-26H,10-11H2,1H3,(H,22,23,28). The lowest BCUT2D eigenvalue weighted by molar-refractivity contribution is -0.118. The number of aromatic hydroxyl groups is 2. The summed E-state index contributed by atoms with van der Waals surface area (Å²) in [6.07, 6.45) is 0. The lowest BCUT2D eigenvalue weighted by atomic mass is 10.0. The molecule has 10 nitrogen and oxygen atoms in total. The average Bonchev–Trinajstić information content (AvgIpc) is 3.22. The number of thioether (sulfide) groups is 1. The summed E-state index contributed by atoms with van der Waals surface area (Å²) in [5, 5.41) is 25.1. The van der Waals surface area contributed by atoms with Crippen LogP contribution in [0.4, 0.5) is 5.82 Å². The summed E-state index contributed by atoms with van der Waals surface area (Å²) in [5.74, 6) is -0.453. The van der Waals surface area contributed by atoms with Crippen molar-refractivity contribution in [1.82, 2.24) is 9.46 Å². The van der Waals surface area contributed by atoms with Gasteiger partial charge in [0.25, 0.3) is 5.91 Å². The van der Waals surface area contributed by atoms with Crippen LogP contribution in [-0.4, -0.2) is 52.9 Å². The molecule has 0 radical (unpaired) electrons. The molecule has 1 aliphatic heterocycles. The molecule has 1 unspecified atom stereocenters. The highest BCUT2D eigenvalue weighted by Crippen LogP contribution is 2.30. The number of nitrogens with one attached hydrogen (secondary N) is 1. The first kappa shape index (κ1) is 22.8. The summed E-state index contributed by atoms with van der Waals surface area (Å²) in [6, 6.07) is 10.2. The quantitative estimate of drug-likeness (QED) is 0.350. The molecule has 172 valence electrons. The van der Waals surface area contributed by atoms with Crippen molar-refractivity contribution in [2.45, 2.75) is 22.4 Å². The number of benzene rings is 2. The minimum absolute atomic E-state index is 0.0340. The number of sulfonamides is 1. The van der Waals surface area contributed by atoms with Gasteiger partial charge in [-0.1, -0.05) is 23.4 Å². The van der Waals surface area contributed by atoms with Gasteiger partial charge in [-0.2, -0.15) is 4.31 Å². The zero-order valence-electron chi connectivity index (χ0n) is 17.3. The van der Waals surface area contributed by atoms with E-state index >= 15 is 0 Å². The molecule has 0 saturated heterocycles. The van der Waals surface area contributed by atoms with Gasteiger partial charge < -0.3 is 20.1 Å². The number of hydrogen-bond donors (Lipinski definition) is 3. The normalized spacial score (nSPS) is 17.5. The van der Waals surface area contributed by atoms with Gasteiger partial charge in [-0.25, -0.2) is 8.42 Å². The summed E-state index contributed by atoms with van der Waals surface area (Å²) in [5.41, 5.74) is 0.761. The zero-order chi connectivity index (χ0) is 23.8. The molecule has 0 bridgehead atoms. The molecule has 1 atom stereocenters. The molecule has 2 heterocycles. The Morgan fingerprint density at radius 2 is 1.91 bits per heavy atom. The number of hydrogen-bond acceptors (Lipinski definition) is 9. The number of fused-ring (bicyclic) bond motifs is 1. The number of carbonyl (C=O) groups excluding carboxylic acids is 2. The van der Waals surface area contributed by atoms with Gasteiger partial charge in [0.1, 0.15) is 5.76 Å². The second-order valence-corrected chi connectivity index (χ2v) is 10.2. The second kappa shape index (κ2) is 8.89. The molecule has 3 N–H and O–H groups in total. The third-order valence-electron chi connectivity index (χ3n) is 5.03. The minimum atomic E-state index is -4.01. The molecule has 33 heavy (non-hydrogen) atoms. The van der Waals surface area contributed by atoms with Crippen LogP contribution in [-0.2, 0) is 26.3 Å². The van der Waals surface area contributed by atoms with Crippen LogP contribution < -0.4 is 5.32 Å². The highest BCUT2D eigenvalue weighted by molar-refractivity contribution is 7.97. The van der Waals surface area contributed by atoms with Crippen molar-refractivity contribution in [2.75, 3.05) is 12.4 Å². The Hall–Kier alpha value is -3.35. The smallest absolute Gasteiger partial charge is 0.252 e. The highest BCUT2D eigenvalue weighted by atomic mass is 32.2. The summed E-state index contributed by atoms with van der Waals surface area (Å²) in [4.78, 5) is 25.5. The Morgan fingerprint density at radius 1 is 1.15 bits per heavy atom. The fraction of sp³-hybridized carbons (Fsp3) is 0.190. The molecular weight excluding hydrogens is 470 g/mol. The number of phenols is 2. The molecule has 1 aliphatic rings. The zero-order valence-corrected chi connectivity index (χ0v) is 18.9. The van der Waals surface area contributed by atoms with Gasteiger partial charge in [0.15, 0.2) is 29.1 Å². The summed E-state index contributed by atoms with van der Waals surface area (Å²) < 4.78 is 31.4. The van der Waals surface area contributed by atoms with Crippen molar-refractivity contribution in [1.29, 1.82) is 0 Å². The van der Waals surface area contributed by atoms with Crippen LogP contribution in [0.3, 0.4) is 0 Å². The van der Waals surface area contributed by atoms with E-state index < -0.39 is 27.8 Å². The maximum atomic E-state index is 12.8. The van der Waals surface area contributed by atoms with E-state index in [-0.39, 0.29) is 27.8 Å². The van der Waals surface area contributed by atoms with E-state index in [1.165, 1.54) is 61.3 Å². The number of ketones is 1. The maximum absolute atomic E-state index is 12.8. The predicted octanol–water partition coefficient (Wildman–Crippen LogP) is 2.34. The van der Waals surface area contributed by atoms with Gasteiger partial charge in [-0.3, -0.25) is 9.59 Å². The fourth-order valence-electron chi connectivity index (χ4n) is 3.35. The number of Topliss-reactive ketones (excluding diaryl/α,β-unsaturated/α-hetero) is 1. The Labute approximate surface area is 193 Å². The van der Waals surface area contributed by atoms with Crippen molar-refractivity contribution in [3.63, 3.8) is 0 Å². The Bertz CT molecular complexity index is 1340. The van der Waals surface area contributed by atoms with Gasteiger partial charge in [-0.05, 0) is 29.8 Å². The third-order valence-corrected chi connectivity index (χ3v) is 7.94. The van der Waals surface area contributed by atoms with E-state index in [0.717, 1.165) is 9.87 Å². The van der Waals surface area contributed by atoms with Gasteiger partial charge in [-0.15, -0.1) is 11.8 Å². The molecule has 1 aromatic heterocycles. The summed E-state index contributed by atoms with van der Waals surface area (Å²) in [7, 11) is -2.83. The van der Waals surface area contributed by atoms with Crippen LogP contribution in [0.1, 0.15) is 21.7 Å². The molecule has 4 rings (SSSR count). The van der Waals surface area contributed by atoms with Crippen molar-refractivity contribution >= 4 is 39.3 Å². The van der Waals surface area contributed by atoms with E-state index in [0.29, 0.717) is 17.3 Å². The first-order chi connectivity index (χ1) is 15.7. The lowest BCUT2D eigenvalue weighted by Crippen LogP contribution is -2.53. The van der Waals surface area contributed by atoms with Gasteiger partial charge >= 0.3 is 0 Å². The van der Waals surface area contributed by atoms with Gasteiger partial charge in [0.05, 0.1) is 10.6 Å². The number of likely N-dealkylation sites (N-methyl/N-ethyl adjacent to an activating group) is 1. The second-order valence-electron chi connectivity index (χ2n) is 7.27. The number of nitrogens with zero attached hydrogens (tertiary/aromatic N) is 2. The van der Waals surface area contributed by atoms with Crippen LogP contribution in [0.5, 0.6) is 11.5 Å². The average molecular weight is 490 g/mol. The van der Waals surface area contributed by atoms with E-state index in [1.54, 1.807) is 6.07 Å². The highest BCUT2D eigenvalue weighted by Gasteiger charge is 2.45. The molecule has 0 saturated carbocycles. The minimum Gasteiger partial charge on any atom is -0.504 e. The van der Waals surface area contributed by atoms with E-state index in [1.807, 2.05) is 0 Å². The van der Waals surface area contributed by atoms with Gasteiger partial charge in [0, 0.05) is 24.4 Å². The molecule has 3 aromatic rings. The van der Waals surface area contributed by atoms with Crippen LogP contribution >= 0.6 is 11.8 Å². The first-order valence-corrected chi connectivity index (χ1v) is 12.2. The number of aromatic nitrogens is 1. The summed E-state index contributed by atoms with van der Waals surface area (Å²) in [6.45, 7) is 0. The molecule has 1 amide bonds. The van der Waals surface area contributed by atoms with Crippen molar-refractivity contribution < 1.29 is 32.7 Å². The maximum Gasteiger partial charge on any atom is 0.252 e. The predicted molar refractivity (Wildman–Crippen MR) is 119 cm³/mol. The largest absolute Gasteiger partial charge is 0.504 e. The van der Waals surface area contributed by atoms with E-state index in [2.05, 4.69) is 10.5 Å². The van der Waals surface area contributed by atoms with Crippen LogP contribution in [0.25, 0.3) is 0 Å². The van der Waals surface area contributed by atoms with Crippen LogP contribution in [0.15, 0.2) is 57.9 Å². The SMILES string of the molecule is CN1C(C(=O)Nc2cc(CSCc3ccc(O)c(O)c3)on2)C(=O)c2ccccc2S1(=O)=O. The first-order valence-electron chi connectivity index (χ1n) is 9.65. The number of amides is 1. The molecule has 12 heteroatoms. The monoisotopic (exact) mass is 489 g/mol. The molecule has 0 fully saturated rings. The Kier molecular flexibility index (Phi) is 6.15. The molecule has 0 aliphatic carbocycles. The van der Waals surface area contributed by atoms with Crippen molar-refractivity contribution in [3.8, 4) is 11.5 Å². The number of phenolic OH excluding ortho intramolecular Hbond substituents is 2. The number of carbonyl (C=O) groups is 2. The van der Waals surface area contributed by atoms with Crippen molar-refractivity contribution in [2.24, 2.45) is 0 Å². The van der Waals surface area contributed by atoms with E-state index in [9.17, 15) is 28.2 Å². The third kappa shape index (κ3) is 4.45. The summed E-state index contributed by atoms with van der Waals surface area (Å²) >= 11 is 1.45. The Morgan fingerprint density at radius 3 is 2.67 bits per heavy atom. The molecular formula is C21H19N3O7S2. The topological polar surface area (TPSA) is 150 Å². The molecule has 2 aromatic carbocycles.